The first kappa shape index (κ1) is 19.5. The fourth-order valence-electron chi connectivity index (χ4n) is 3.41. The lowest BCUT2D eigenvalue weighted by molar-refractivity contribution is -0.123. The molecule has 1 aromatic heterocycles. The van der Waals surface area contributed by atoms with Crippen LogP contribution in [-0.2, 0) is 9.59 Å². The summed E-state index contributed by atoms with van der Waals surface area (Å²) in [6.45, 7) is 3.91. The van der Waals surface area contributed by atoms with Crippen LogP contribution in [0.3, 0.4) is 0 Å². The molecule has 148 valence electrons. The summed E-state index contributed by atoms with van der Waals surface area (Å²) < 4.78 is 1.60. The molecule has 2 aromatic carbocycles. The predicted molar refractivity (Wildman–Crippen MR) is 115 cm³/mol. The third-order valence-corrected chi connectivity index (χ3v) is 5.59. The van der Waals surface area contributed by atoms with Crippen molar-refractivity contribution in [1.82, 2.24) is 9.78 Å². The maximum Gasteiger partial charge on any atom is 0.251 e. The first-order valence-electron chi connectivity index (χ1n) is 9.05. The molecule has 1 aliphatic heterocycles. The van der Waals surface area contributed by atoms with Crippen molar-refractivity contribution < 1.29 is 9.59 Å². The number of carbonyl (C=O) groups excluding carboxylic acids is 2. The summed E-state index contributed by atoms with van der Waals surface area (Å²) in [5.41, 5.74) is 4.29. The predicted octanol–water partition coefficient (Wildman–Crippen LogP) is 5.00. The Morgan fingerprint density at radius 2 is 1.86 bits per heavy atom. The number of nitrogens with zero attached hydrogens (tertiary/aromatic N) is 2. The monoisotopic (exact) mass is 428 g/mol. The van der Waals surface area contributed by atoms with Gasteiger partial charge >= 0.3 is 0 Å². The van der Waals surface area contributed by atoms with E-state index in [4.69, 9.17) is 23.2 Å². The standard InChI is InChI=1S/C21H18Cl2N4O2/c1-11-3-5-13(6-4-11)19-12(2)26-27-17(21(29)25-20(19)27)10-18(28)24-14-7-8-15(22)16(23)9-14/h3-9,17H,10H2,1-2H3,(H,24,28)(H,25,29). The number of benzene rings is 2. The van der Waals surface area contributed by atoms with E-state index in [1.807, 2.05) is 38.1 Å². The number of amides is 2. The SMILES string of the molecule is Cc1ccc(-c2c(C)nn3c2NC(=O)C3CC(=O)Nc2ccc(Cl)c(Cl)c2)cc1. The van der Waals surface area contributed by atoms with Gasteiger partial charge in [-0.1, -0.05) is 53.0 Å². The minimum absolute atomic E-state index is 0.0481. The van der Waals surface area contributed by atoms with Gasteiger partial charge in [0.15, 0.2) is 0 Å². The average molecular weight is 429 g/mol. The van der Waals surface area contributed by atoms with Crippen LogP contribution in [0.2, 0.25) is 10.0 Å². The van der Waals surface area contributed by atoms with E-state index in [-0.39, 0.29) is 18.2 Å². The zero-order chi connectivity index (χ0) is 20.7. The number of hydrogen-bond acceptors (Lipinski definition) is 3. The van der Waals surface area contributed by atoms with Crippen LogP contribution in [-0.4, -0.2) is 21.6 Å². The van der Waals surface area contributed by atoms with Gasteiger partial charge in [-0.15, -0.1) is 0 Å². The van der Waals surface area contributed by atoms with Crippen LogP contribution in [0.5, 0.6) is 0 Å². The second-order valence-electron chi connectivity index (χ2n) is 7.01. The number of halogens is 2. The number of carbonyl (C=O) groups is 2. The van der Waals surface area contributed by atoms with Gasteiger partial charge in [0.25, 0.3) is 5.91 Å². The van der Waals surface area contributed by atoms with Gasteiger partial charge in [0, 0.05) is 11.3 Å². The molecule has 29 heavy (non-hydrogen) atoms. The normalized spacial score (nSPS) is 15.2. The van der Waals surface area contributed by atoms with E-state index in [0.29, 0.717) is 21.6 Å². The van der Waals surface area contributed by atoms with Gasteiger partial charge in [0.05, 0.1) is 22.2 Å². The molecule has 2 amide bonds. The highest BCUT2D eigenvalue weighted by Gasteiger charge is 2.36. The van der Waals surface area contributed by atoms with E-state index in [2.05, 4.69) is 15.7 Å². The molecule has 1 atom stereocenters. The lowest BCUT2D eigenvalue weighted by atomic mass is 10.0. The molecule has 0 bridgehead atoms. The number of aryl methyl sites for hydroxylation is 2. The average Bonchev–Trinajstić information content (AvgIpc) is 3.13. The minimum atomic E-state index is -0.717. The Labute approximate surface area is 177 Å². The van der Waals surface area contributed by atoms with Crippen molar-refractivity contribution in [2.75, 3.05) is 10.6 Å². The first-order chi connectivity index (χ1) is 13.8. The van der Waals surface area contributed by atoms with Crippen molar-refractivity contribution in [1.29, 1.82) is 0 Å². The summed E-state index contributed by atoms with van der Waals surface area (Å²) >= 11 is 11.9. The molecule has 1 unspecified atom stereocenters. The summed E-state index contributed by atoms with van der Waals surface area (Å²) in [6, 6.07) is 12.1. The molecule has 0 aliphatic carbocycles. The van der Waals surface area contributed by atoms with E-state index in [9.17, 15) is 9.59 Å². The topological polar surface area (TPSA) is 76.0 Å². The van der Waals surface area contributed by atoms with Gasteiger partial charge in [0.2, 0.25) is 5.91 Å². The number of aromatic nitrogens is 2. The van der Waals surface area contributed by atoms with Crippen LogP contribution < -0.4 is 10.6 Å². The van der Waals surface area contributed by atoms with Crippen LogP contribution in [0.4, 0.5) is 11.5 Å². The molecular formula is C21H18Cl2N4O2. The maximum absolute atomic E-state index is 12.5. The van der Waals surface area contributed by atoms with Crippen molar-refractivity contribution in [2.45, 2.75) is 26.3 Å². The van der Waals surface area contributed by atoms with Crippen LogP contribution >= 0.6 is 23.2 Å². The van der Waals surface area contributed by atoms with Gasteiger partial charge in [0.1, 0.15) is 11.9 Å². The Morgan fingerprint density at radius 3 is 2.55 bits per heavy atom. The largest absolute Gasteiger partial charge is 0.326 e. The van der Waals surface area contributed by atoms with Gasteiger partial charge < -0.3 is 10.6 Å². The Balaban J connectivity index is 1.57. The zero-order valence-electron chi connectivity index (χ0n) is 15.8. The quantitative estimate of drug-likeness (QED) is 0.613. The molecule has 0 radical (unpaired) electrons. The van der Waals surface area contributed by atoms with Gasteiger partial charge in [-0.2, -0.15) is 5.10 Å². The molecule has 0 fully saturated rings. The van der Waals surface area contributed by atoms with Gasteiger partial charge in [-0.3, -0.25) is 9.59 Å². The third-order valence-electron chi connectivity index (χ3n) is 4.85. The lowest BCUT2D eigenvalue weighted by Gasteiger charge is -2.10. The number of anilines is 2. The number of hydrogen-bond donors (Lipinski definition) is 2. The van der Waals surface area contributed by atoms with Gasteiger partial charge in [-0.05, 0) is 37.6 Å². The van der Waals surface area contributed by atoms with Crippen LogP contribution in [0.25, 0.3) is 11.1 Å². The van der Waals surface area contributed by atoms with Crippen molar-refractivity contribution in [2.24, 2.45) is 0 Å². The molecule has 4 rings (SSSR count). The summed E-state index contributed by atoms with van der Waals surface area (Å²) in [5, 5.41) is 10.9. The molecule has 8 heteroatoms. The van der Waals surface area contributed by atoms with Crippen molar-refractivity contribution in [3.63, 3.8) is 0 Å². The smallest absolute Gasteiger partial charge is 0.251 e. The van der Waals surface area contributed by atoms with Crippen molar-refractivity contribution >= 4 is 46.5 Å². The highest BCUT2D eigenvalue weighted by Crippen LogP contribution is 2.38. The maximum atomic E-state index is 12.5. The second-order valence-corrected chi connectivity index (χ2v) is 7.82. The van der Waals surface area contributed by atoms with E-state index in [1.165, 1.54) is 0 Å². The Bertz CT molecular complexity index is 1120. The van der Waals surface area contributed by atoms with Gasteiger partial charge in [-0.25, -0.2) is 4.68 Å². The van der Waals surface area contributed by atoms with E-state index < -0.39 is 6.04 Å². The third kappa shape index (κ3) is 3.73. The summed E-state index contributed by atoms with van der Waals surface area (Å²) in [7, 11) is 0. The molecule has 0 saturated heterocycles. The highest BCUT2D eigenvalue weighted by molar-refractivity contribution is 6.42. The Morgan fingerprint density at radius 1 is 1.14 bits per heavy atom. The first-order valence-corrected chi connectivity index (χ1v) is 9.81. The fourth-order valence-corrected chi connectivity index (χ4v) is 3.71. The van der Waals surface area contributed by atoms with Crippen LogP contribution in [0.1, 0.15) is 23.7 Å². The summed E-state index contributed by atoms with van der Waals surface area (Å²) in [6.07, 6.45) is -0.0481. The lowest BCUT2D eigenvalue weighted by Crippen LogP contribution is -2.23. The minimum Gasteiger partial charge on any atom is -0.326 e. The van der Waals surface area contributed by atoms with Crippen LogP contribution in [0.15, 0.2) is 42.5 Å². The fraction of sp³-hybridized carbons (Fsp3) is 0.190. The Hall–Kier alpha value is -2.83. The number of rotatable bonds is 4. The van der Waals surface area contributed by atoms with Crippen molar-refractivity contribution in [3.8, 4) is 11.1 Å². The molecule has 1 aliphatic rings. The summed E-state index contributed by atoms with van der Waals surface area (Å²) in [4.78, 5) is 25.0. The van der Waals surface area contributed by atoms with E-state index in [1.54, 1.807) is 22.9 Å². The number of fused-ring (bicyclic) bond motifs is 1. The van der Waals surface area contributed by atoms with E-state index >= 15 is 0 Å². The molecule has 2 N–H and O–H groups in total. The molecule has 6 nitrogen and oxygen atoms in total. The highest BCUT2D eigenvalue weighted by atomic mass is 35.5. The number of nitrogens with one attached hydrogen (secondary N) is 2. The van der Waals surface area contributed by atoms with E-state index in [0.717, 1.165) is 22.4 Å². The molecule has 0 spiro atoms. The van der Waals surface area contributed by atoms with Crippen LogP contribution in [0, 0.1) is 13.8 Å². The second kappa shape index (κ2) is 7.54. The molecule has 0 saturated carbocycles. The summed E-state index contributed by atoms with van der Waals surface area (Å²) in [5.74, 6) is 0.0373. The van der Waals surface area contributed by atoms with Crippen molar-refractivity contribution in [3.05, 3.63) is 63.8 Å². The molecular weight excluding hydrogens is 411 g/mol. The zero-order valence-corrected chi connectivity index (χ0v) is 17.3. The molecule has 3 aromatic rings. The Kier molecular flexibility index (Phi) is 5.06. The molecule has 2 heterocycles.